The van der Waals surface area contributed by atoms with E-state index in [1.807, 2.05) is 0 Å². The number of anilines is 1. The molecule has 0 aliphatic carbocycles. The van der Waals surface area contributed by atoms with Crippen molar-refractivity contribution in [3.8, 4) is 0 Å². The Morgan fingerprint density at radius 1 is 1.24 bits per heavy atom. The molecule has 1 saturated heterocycles. The van der Waals surface area contributed by atoms with E-state index in [-0.39, 0.29) is 5.82 Å². The van der Waals surface area contributed by atoms with Crippen LogP contribution in [0, 0.1) is 5.82 Å². The Morgan fingerprint density at radius 3 is 2.71 bits per heavy atom. The molecule has 0 amide bonds. The van der Waals surface area contributed by atoms with Gasteiger partial charge >= 0.3 is 0 Å². The van der Waals surface area contributed by atoms with E-state index < -0.39 is 0 Å². The molecule has 0 radical (unpaired) electrons. The van der Waals surface area contributed by atoms with Gasteiger partial charge in [0.25, 0.3) is 0 Å². The van der Waals surface area contributed by atoms with E-state index in [9.17, 15) is 4.39 Å². The molecule has 2 rings (SSSR count). The second kappa shape index (κ2) is 6.22. The molecular weight excluding hydrogens is 239 g/mol. The summed E-state index contributed by atoms with van der Waals surface area (Å²) in [6, 6.07) is 4.54. The SMILES string of the molecule is Fc1cc(Cl)cc(NCCCN2CCCC2)c1. The molecular formula is C13H18ClFN2. The van der Waals surface area contributed by atoms with Crippen molar-refractivity contribution < 1.29 is 4.39 Å². The number of halogens is 2. The molecule has 0 atom stereocenters. The molecule has 0 spiro atoms. The highest BCUT2D eigenvalue weighted by Crippen LogP contribution is 2.18. The monoisotopic (exact) mass is 256 g/mol. The van der Waals surface area contributed by atoms with Gasteiger partial charge in [-0.05, 0) is 57.1 Å². The average Bonchev–Trinajstić information content (AvgIpc) is 2.76. The fourth-order valence-corrected chi connectivity index (χ4v) is 2.42. The van der Waals surface area contributed by atoms with Gasteiger partial charge in [-0.25, -0.2) is 4.39 Å². The van der Waals surface area contributed by atoms with Gasteiger partial charge in [-0.15, -0.1) is 0 Å². The molecule has 0 bridgehead atoms. The summed E-state index contributed by atoms with van der Waals surface area (Å²) >= 11 is 5.78. The van der Waals surface area contributed by atoms with Crippen molar-refractivity contribution >= 4 is 17.3 Å². The number of rotatable bonds is 5. The Balaban J connectivity index is 1.70. The van der Waals surface area contributed by atoms with Gasteiger partial charge in [0, 0.05) is 17.3 Å². The molecule has 4 heteroatoms. The van der Waals surface area contributed by atoms with E-state index in [0.717, 1.165) is 25.2 Å². The Labute approximate surface area is 107 Å². The standard InChI is InChI=1S/C13H18ClFN2/c14-11-8-12(15)10-13(9-11)16-4-3-7-17-5-1-2-6-17/h8-10,16H,1-7H2. The van der Waals surface area contributed by atoms with Crippen LogP contribution in [-0.2, 0) is 0 Å². The summed E-state index contributed by atoms with van der Waals surface area (Å²) in [5.41, 5.74) is 0.761. The molecule has 1 aromatic rings. The molecule has 1 aliphatic rings. The van der Waals surface area contributed by atoms with Crippen LogP contribution in [0.2, 0.25) is 5.02 Å². The maximum absolute atomic E-state index is 13.1. The highest BCUT2D eigenvalue weighted by atomic mass is 35.5. The van der Waals surface area contributed by atoms with Gasteiger partial charge in [0.1, 0.15) is 5.82 Å². The maximum Gasteiger partial charge on any atom is 0.126 e. The zero-order valence-electron chi connectivity index (χ0n) is 9.88. The predicted molar refractivity (Wildman–Crippen MR) is 70.2 cm³/mol. The van der Waals surface area contributed by atoms with Gasteiger partial charge < -0.3 is 10.2 Å². The maximum atomic E-state index is 13.1. The van der Waals surface area contributed by atoms with Gasteiger partial charge in [-0.1, -0.05) is 11.6 Å². The second-order valence-electron chi connectivity index (χ2n) is 4.49. The Kier molecular flexibility index (Phi) is 4.63. The van der Waals surface area contributed by atoms with Crippen LogP contribution >= 0.6 is 11.6 Å². The summed E-state index contributed by atoms with van der Waals surface area (Å²) in [6.45, 7) is 4.43. The summed E-state index contributed by atoms with van der Waals surface area (Å²) in [7, 11) is 0. The molecule has 1 aromatic carbocycles. The first-order chi connectivity index (χ1) is 8.24. The average molecular weight is 257 g/mol. The molecule has 1 heterocycles. The van der Waals surface area contributed by atoms with Gasteiger partial charge in [-0.3, -0.25) is 0 Å². The third kappa shape index (κ3) is 4.17. The molecule has 1 fully saturated rings. The van der Waals surface area contributed by atoms with Crippen molar-refractivity contribution in [2.75, 3.05) is 31.5 Å². The van der Waals surface area contributed by atoms with Crippen molar-refractivity contribution in [2.45, 2.75) is 19.3 Å². The molecule has 94 valence electrons. The summed E-state index contributed by atoms with van der Waals surface area (Å²) in [4.78, 5) is 2.47. The first-order valence-electron chi connectivity index (χ1n) is 6.16. The number of hydrogen-bond acceptors (Lipinski definition) is 2. The van der Waals surface area contributed by atoms with Crippen molar-refractivity contribution in [1.29, 1.82) is 0 Å². The Hall–Kier alpha value is -0.800. The molecule has 0 aromatic heterocycles. The van der Waals surface area contributed by atoms with Crippen molar-refractivity contribution in [2.24, 2.45) is 0 Å². The number of nitrogens with zero attached hydrogens (tertiary/aromatic N) is 1. The van der Waals surface area contributed by atoms with E-state index in [2.05, 4.69) is 10.2 Å². The van der Waals surface area contributed by atoms with Gasteiger partial charge in [0.2, 0.25) is 0 Å². The topological polar surface area (TPSA) is 15.3 Å². The quantitative estimate of drug-likeness (QED) is 0.813. The minimum absolute atomic E-state index is 0.292. The van der Waals surface area contributed by atoms with Gasteiger partial charge in [0.15, 0.2) is 0 Å². The fraction of sp³-hybridized carbons (Fsp3) is 0.538. The number of benzene rings is 1. The third-order valence-electron chi connectivity index (χ3n) is 3.04. The van der Waals surface area contributed by atoms with E-state index in [4.69, 9.17) is 11.6 Å². The predicted octanol–water partition coefficient (Wildman–Crippen LogP) is 3.38. The number of likely N-dealkylation sites (tertiary alicyclic amines) is 1. The molecule has 2 nitrogen and oxygen atoms in total. The van der Waals surface area contributed by atoms with E-state index in [1.54, 1.807) is 6.07 Å². The highest BCUT2D eigenvalue weighted by Gasteiger charge is 2.09. The normalized spacial score (nSPS) is 16.4. The first kappa shape index (κ1) is 12.7. The number of nitrogens with one attached hydrogen (secondary N) is 1. The summed E-state index contributed by atoms with van der Waals surface area (Å²) < 4.78 is 13.1. The van der Waals surface area contributed by atoms with Crippen molar-refractivity contribution in [1.82, 2.24) is 4.90 Å². The van der Waals surface area contributed by atoms with Crippen LogP contribution in [0.3, 0.4) is 0 Å². The lowest BCUT2D eigenvalue weighted by atomic mass is 10.3. The van der Waals surface area contributed by atoms with Gasteiger partial charge in [0.05, 0.1) is 0 Å². The van der Waals surface area contributed by atoms with E-state index >= 15 is 0 Å². The lowest BCUT2D eigenvalue weighted by Crippen LogP contribution is -2.22. The van der Waals surface area contributed by atoms with Crippen LogP contribution in [0.5, 0.6) is 0 Å². The summed E-state index contributed by atoms with van der Waals surface area (Å²) in [6.07, 6.45) is 3.73. The zero-order valence-corrected chi connectivity index (χ0v) is 10.6. The van der Waals surface area contributed by atoms with Crippen molar-refractivity contribution in [3.63, 3.8) is 0 Å². The molecule has 0 unspecified atom stereocenters. The minimum atomic E-state index is -0.292. The Bertz CT molecular complexity index is 344. The lowest BCUT2D eigenvalue weighted by Gasteiger charge is -2.14. The van der Waals surface area contributed by atoms with Crippen LogP contribution in [0.15, 0.2) is 18.2 Å². The lowest BCUT2D eigenvalue weighted by molar-refractivity contribution is 0.337. The molecule has 17 heavy (non-hydrogen) atoms. The van der Waals surface area contributed by atoms with Gasteiger partial charge in [-0.2, -0.15) is 0 Å². The summed E-state index contributed by atoms with van der Waals surface area (Å²) in [5, 5.41) is 3.64. The largest absolute Gasteiger partial charge is 0.385 e. The Morgan fingerprint density at radius 2 is 2.00 bits per heavy atom. The highest BCUT2D eigenvalue weighted by molar-refractivity contribution is 6.30. The van der Waals surface area contributed by atoms with Crippen LogP contribution in [0.4, 0.5) is 10.1 Å². The van der Waals surface area contributed by atoms with Crippen molar-refractivity contribution in [3.05, 3.63) is 29.0 Å². The van der Waals surface area contributed by atoms with Crippen LogP contribution in [0.25, 0.3) is 0 Å². The smallest absolute Gasteiger partial charge is 0.126 e. The second-order valence-corrected chi connectivity index (χ2v) is 4.92. The van der Waals surface area contributed by atoms with E-state index in [0.29, 0.717) is 5.02 Å². The minimum Gasteiger partial charge on any atom is -0.385 e. The van der Waals surface area contributed by atoms with Crippen LogP contribution in [-0.4, -0.2) is 31.1 Å². The van der Waals surface area contributed by atoms with Crippen LogP contribution < -0.4 is 5.32 Å². The molecule has 1 N–H and O–H groups in total. The van der Waals surface area contributed by atoms with Crippen LogP contribution in [0.1, 0.15) is 19.3 Å². The first-order valence-corrected chi connectivity index (χ1v) is 6.54. The molecule has 1 aliphatic heterocycles. The fourth-order valence-electron chi connectivity index (χ4n) is 2.20. The van der Waals surface area contributed by atoms with E-state index in [1.165, 1.54) is 38.1 Å². The number of hydrogen-bond donors (Lipinski definition) is 1. The summed E-state index contributed by atoms with van der Waals surface area (Å²) in [5.74, 6) is -0.292. The third-order valence-corrected chi connectivity index (χ3v) is 3.26. The zero-order chi connectivity index (χ0) is 12.1. The molecule has 0 saturated carbocycles.